The molecule has 1 aliphatic rings. The number of aromatic nitrogens is 4. The third kappa shape index (κ3) is 3.33. The van der Waals surface area contributed by atoms with Crippen molar-refractivity contribution in [1.82, 2.24) is 25.1 Å². The number of hydrogen-bond acceptors (Lipinski definition) is 7. The smallest absolute Gasteiger partial charge is 0.257 e. The van der Waals surface area contributed by atoms with Gasteiger partial charge in [-0.25, -0.2) is 0 Å². The molecule has 9 heteroatoms. The molecule has 1 amide bonds. The number of piperazine rings is 1. The maximum Gasteiger partial charge on any atom is 0.257 e. The zero-order valence-corrected chi connectivity index (χ0v) is 16.9. The van der Waals surface area contributed by atoms with Crippen molar-refractivity contribution < 1.29 is 9.53 Å². The van der Waals surface area contributed by atoms with E-state index in [-0.39, 0.29) is 5.91 Å². The second kappa shape index (κ2) is 7.59. The highest BCUT2D eigenvalue weighted by Gasteiger charge is 2.28. The molecule has 4 rings (SSSR count). The number of tetrazole rings is 1. The minimum Gasteiger partial charge on any atom is -0.497 e. The topological polar surface area (TPSA) is 76.4 Å². The number of benzene rings is 1. The summed E-state index contributed by atoms with van der Waals surface area (Å²) in [6.07, 6.45) is 1.53. The second-order valence-corrected chi connectivity index (χ2v) is 7.90. The van der Waals surface area contributed by atoms with Crippen LogP contribution >= 0.6 is 11.3 Å². The van der Waals surface area contributed by atoms with Gasteiger partial charge in [0.15, 0.2) is 0 Å². The predicted octanol–water partition coefficient (Wildman–Crippen LogP) is 2.31. The van der Waals surface area contributed by atoms with Crippen LogP contribution in [-0.4, -0.2) is 64.3 Å². The number of aryl methyl sites for hydroxylation is 1. The van der Waals surface area contributed by atoms with Crippen molar-refractivity contribution >= 4 is 22.9 Å². The Morgan fingerprint density at radius 3 is 2.43 bits per heavy atom. The van der Waals surface area contributed by atoms with Crippen LogP contribution in [0.1, 0.15) is 20.8 Å². The van der Waals surface area contributed by atoms with Crippen molar-refractivity contribution in [3.8, 4) is 10.8 Å². The van der Waals surface area contributed by atoms with Crippen molar-refractivity contribution in [1.29, 1.82) is 0 Å². The lowest BCUT2D eigenvalue weighted by Gasteiger charge is -2.36. The van der Waals surface area contributed by atoms with E-state index >= 15 is 0 Å². The Labute approximate surface area is 167 Å². The summed E-state index contributed by atoms with van der Waals surface area (Å²) in [5, 5.41) is 12.2. The van der Waals surface area contributed by atoms with E-state index in [9.17, 15) is 4.79 Å². The molecule has 3 aromatic rings. The van der Waals surface area contributed by atoms with Gasteiger partial charge in [-0.15, -0.1) is 16.4 Å². The fourth-order valence-electron chi connectivity index (χ4n) is 3.40. The summed E-state index contributed by atoms with van der Waals surface area (Å²) in [6.45, 7) is 6.94. The Morgan fingerprint density at radius 1 is 1.11 bits per heavy atom. The van der Waals surface area contributed by atoms with Crippen LogP contribution < -0.4 is 9.64 Å². The van der Waals surface area contributed by atoms with E-state index in [1.54, 1.807) is 23.1 Å². The van der Waals surface area contributed by atoms with E-state index in [2.05, 4.69) is 32.6 Å². The Bertz CT molecular complexity index is 959. The van der Waals surface area contributed by atoms with Gasteiger partial charge in [-0.2, -0.15) is 4.68 Å². The normalized spacial score (nSPS) is 14.4. The Balaban J connectivity index is 1.50. The average molecular weight is 398 g/mol. The first-order chi connectivity index (χ1) is 13.6. The number of ether oxygens (including phenoxy) is 1. The molecule has 0 N–H and O–H groups in total. The molecule has 1 aliphatic heterocycles. The average Bonchev–Trinajstić information content (AvgIpc) is 3.36. The first-order valence-electron chi connectivity index (χ1n) is 9.10. The molecule has 0 spiro atoms. The van der Waals surface area contributed by atoms with Gasteiger partial charge in [-0.05, 0) is 54.1 Å². The van der Waals surface area contributed by atoms with E-state index in [1.807, 2.05) is 30.9 Å². The van der Waals surface area contributed by atoms with E-state index < -0.39 is 0 Å². The molecular formula is C19H22N6O2S. The van der Waals surface area contributed by atoms with Crippen LogP contribution in [-0.2, 0) is 0 Å². The number of anilines is 1. The number of rotatable bonds is 4. The number of carbonyl (C=O) groups excluding carboxylic acids is 1. The summed E-state index contributed by atoms with van der Waals surface area (Å²) in [5.74, 6) is 0.887. The molecule has 0 atom stereocenters. The quantitative estimate of drug-likeness (QED) is 0.671. The number of thiophene rings is 1. The molecule has 8 nitrogen and oxygen atoms in total. The minimum atomic E-state index is 0.0433. The lowest BCUT2D eigenvalue weighted by molar-refractivity contribution is 0.0746. The Hall–Kier alpha value is -2.94. The van der Waals surface area contributed by atoms with Gasteiger partial charge in [0, 0.05) is 36.7 Å². The van der Waals surface area contributed by atoms with Crippen molar-refractivity contribution in [2.45, 2.75) is 13.8 Å². The zero-order valence-electron chi connectivity index (χ0n) is 16.1. The third-order valence-electron chi connectivity index (χ3n) is 5.14. The lowest BCUT2D eigenvalue weighted by atomic mass is 10.1. The lowest BCUT2D eigenvalue weighted by Crippen LogP contribution is -2.49. The highest BCUT2D eigenvalue weighted by molar-refractivity contribution is 7.15. The number of methoxy groups -OCH3 is 1. The van der Waals surface area contributed by atoms with E-state index in [0.717, 1.165) is 40.0 Å². The van der Waals surface area contributed by atoms with Gasteiger partial charge in [0.2, 0.25) is 0 Å². The highest BCUT2D eigenvalue weighted by Crippen LogP contribution is 2.31. The molecule has 146 valence electrons. The van der Waals surface area contributed by atoms with Gasteiger partial charge in [0.25, 0.3) is 5.91 Å². The summed E-state index contributed by atoms with van der Waals surface area (Å²) in [6, 6.07) is 8.03. The van der Waals surface area contributed by atoms with E-state index in [4.69, 9.17) is 4.74 Å². The van der Waals surface area contributed by atoms with Crippen molar-refractivity contribution in [2.24, 2.45) is 0 Å². The fourth-order valence-corrected chi connectivity index (χ4v) is 4.46. The molecule has 0 saturated carbocycles. The van der Waals surface area contributed by atoms with E-state index in [0.29, 0.717) is 18.7 Å². The SMILES string of the molecule is COc1ccc(N2CCN(C(=O)c3c(-n4cnnn4)sc(C)c3C)CC2)cc1. The Kier molecular flexibility index (Phi) is 4.99. The first-order valence-corrected chi connectivity index (χ1v) is 9.91. The van der Waals surface area contributed by atoms with Crippen LogP contribution in [0.4, 0.5) is 5.69 Å². The van der Waals surface area contributed by atoms with Crippen LogP contribution in [0.25, 0.3) is 5.00 Å². The van der Waals surface area contributed by atoms with Gasteiger partial charge in [0.1, 0.15) is 17.1 Å². The number of nitrogens with zero attached hydrogens (tertiary/aromatic N) is 6. The minimum absolute atomic E-state index is 0.0433. The van der Waals surface area contributed by atoms with Crippen LogP contribution in [0.5, 0.6) is 5.75 Å². The van der Waals surface area contributed by atoms with Gasteiger partial charge >= 0.3 is 0 Å². The summed E-state index contributed by atoms with van der Waals surface area (Å²) >= 11 is 1.54. The van der Waals surface area contributed by atoms with Crippen LogP contribution in [0.3, 0.4) is 0 Å². The number of amides is 1. The third-order valence-corrected chi connectivity index (χ3v) is 6.34. The van der Waals surface area contributed by atoms with Crippen molar-refractivity contribution in [3.05, 3.63) is 46.6 Å². The Morgan fingerprint density at radius 2 is 1.82 bits per heavy atom. The molecule has 0 radical (unpaired) electrons. The molecule has 28 heavy (non-hydrogen) atoms. The molecule has 1 fully saturated rings. The standard InChI is InChI=1S/C19H22N6O2S/c1-13-14(2)28-19(25-12-20-21-22-25)17(13)18(26)24-10-8-23(9-11-24)15-4-6-16(27-3)7-5-15/h4-7,12H,8-11H2,1-3H3. The van der Waals surface area contributed by atoms with Crippen LogP contribution in [0.15, 0.2) is 30.6 Å². The molecular weight excluding hydrogens is 376 g/mol. The van der Waals surface area contributed by atoms with Crippen LogP contribution in [0.2, 0.25) is 0 Å². The molecule has 1 saturated heterocycles. The highest BCUT2D eigenvalue weighted by atomic mass is 32.1. The largest absolute Gasteiger partial charge is 0.497 e. The summed E-state index contributed by atoms with van der Waals surface area (Å²) in [4.78, 5) is 18.6. The molecule has 0 unspecified atom stereocenters. The first kappa shape index (κ1) is 18.4. The molecule has 1 aromatic carbocycles. The van der Waals surface area contributed by atoms with Crippen LogP contribution in [0, 0.1) is 13.8 Å². The molecule has 2 aromatic heterocycles. The monoisotopic (exact) mass is 398 g/mol. The van der Waals surface area contributed by atoms with Gasteiger partial charge in [-0.3, -0.25) is 4.79 Å². The number of hydrogen-bond donors (Lipinski definition) is 0. The van der Waals surface area contributed by atoms with Gasteiger partial charge < -0.3 is 14.5 Å². The fraction of sp³-hybridized carbons (Fsp3) is 0.368. The second-order valence-electron chi connectivity index (χ2n) is 6.70. The van der Waals surface area contributed by atoms with Gasteiger partial charge in [0.05, 0.1) is 12.7 Å². The summed E-state index contributed by atoms with van der Waals surface area (Å²) in [5.41, 5.74) is 2.84. The molecule has 3 heterocycles. The molecule has 0 aliphatic carbocycles. The van der Waals surface area contributed by atoms with E-state index in [1.165, 1.54) is 6.33 Å². The summed E-state index contributed by atoms with van der Waals surface area (Å²) < 4.78 is 6.80. The molecule has 0 bridgehead atoms. The van der Waals surface area contributed by atoms with Crippen molar-refractivity contribution in [3.63, 3.8) is 0 Å². The summed E-state index contributed by atoms with van der Waals surface area (Å²) in [7, 11) is 1.66. The predicted molar refractivity (Wildman–Crippen MR) is 108 cm³/mol. The maximum absolute atomic E-state index is 13.3. The maximum atomic E-state index is 13.3. The van der Waals surface area contributed by atoms with Crippen molar-refractivity contribution in [2.75, 3.05) is 38.2 Å². The van der Waals surface area contributed by atoms with Gasteiger partial charge in [-0.1, -0.05) is 0 Å². The zero-order chi connectivity index (χ0) is 19.7. The number of carbonyl (C=O) groups is 1.